The van der Waals surface area contributed by atoms with Gasteiger partial charge in [-0.15, -0.1) is 0 Å². The van der Waals surface area contributed by atoms with E-state index in [1.54, 1.807) is 12.1 Å². The molecule has 1 heterocycles. The molecule has 1 fully saturated rings. The van der Waals surface area contributed by atoms with Gasteiger partial charge in [0, 0.05) is 18.5 Å². The van der Waals surface area contributed by atoms with Crippen LogP contribution in [0, 0.1) is 5.82 Å². The SMILES string of the molecule is Fc1cccc2c1C1CNC2C1. The molecular weight excluding hydrogens is 153 g/mol. The lowest BCUT2D eigenvalue weighted by molar-refractivity contribution is 0.581. The predicted molar refractivity (Wildman–Crippen MR) is 44.5 cm³/mol. The number of fused-ring (bicyclic) bond motifs is 5. The van der Waals surface area contributed by atoms with E-state index in [1.807, 2.05) is 6.07 Å². The molecule has 1 aliphatic heterocycles. The zero-order valence-electron chi connectivity index (χ0n) is 6.68. The predicted octanol–water partition coefficient (Wildman–Crippen LogP) is 1.96. The highest BCUT2D eigenvalue weighted by Crippen LogP contribution is 2.45. The summed E-state index contributed by atoms with van der Waals surface area (Å²) < 4.78 is 13.3. The lowest BCUT2D eigenvalue weighted by atomic mass is 10.00. The van der Waals surface area contributed by atoms with E-state index >= 15 is 0 Å². The molecule has 2 heteroatoms. The van der Waals surface area contributed by atoms with Gasteiger partial charge in [-0.05, 0) is 23.6 Å². The van der Waals surface area contributed by atoms with E-state index in [1.165, 1.54) is 5.56 Å². The summed E-state index contributed by atoms with van der Waals surface area (Å²) in [6.45, 7) is 0.957. The topological polar surface area (TPSA) is 12.0 Å². The second kappa shape index (κ2) is 2.07. The van der Waals surface area contributed by atoms with Crippen LogP contribution in [0.4, 0.5) is 4.39 Å². The average Bonchev–Trinajstić information content (AvgIpc) is 2.64. The smallest absolute Gasteiger partial charge is 0.127 e. The third-order valence-electron chi connectivity index (χ3n) is 3.00. The van der Waals surface area contributed by atoms with Crippen LogP contribution < -0.4 is 5.32 Å². The van der Waals surface area contributed by atoms with Crippen molar-refractivity contribution in [2.45, 2.75) is 18.4 Å². The van der Waals surface area contributed by atoms with Gasteiger partial charge in [0.05, 0.1) is 0 Å². The average molecular weight is 163 g/mol. The molecule has 2 bridgehead atoms. The van der Waals surface area contributed by atoms with Crippen LogP contribution in [0.25, 0.3) is 0 Å². The second-order valence-corrected chi connectivity index (χ2v) is 3.64. The molecule has 0 aromatic heterocycles. The highest BCUT2D eigenvalue weighted by atomic mass is 19.1. The maximum atomic E-state index is 13.3. The minimum atomic E-state index is -0.0125. The molecule has 1 aromatic carbocycles. The van der Waals surface area contributed by atoms with Crippen LogP contribution in [0.2, 0.25) is 0 Å². The van der Waals surface area contributed by atoms with Crippen LogP contribution in [0.15, 0.2) is 18.2 Å². The van der Waals surface area contributed by atoms with E-state index in [4.69, 9.17) is 0 Å². The van der Waals surface area contributed by atoms with Gasteiger partial charge in [-0.2, -0.15) is 0 Å². The highest BCUT2D eigenvalue weighted by molar-refractivity contribution is 5.41. The Morgan fingerprint density at radius 2 is 2.33 bits per heavy atom. The first-order chi connectivity index (χ1) is 5.86. The molecule has 1 aromatic rings. The number of hydrogen-bond acceptors (Lipinski definition) is 1. The first-order valence-electron chi connectivity index (χ1n) is 4.38. The largest absolute Gasteiger partial charge is 0.309 e. The van der Waals surface area contributed by atoms with Gasteiger partial charge in [0.1, 0.15) is 5.82 Å². The van der Waals surface area contributed by atoms with E-state index in [0.29, 0.717) is 12.0 Å². The van der Waals surface area contributed by atoms with Gasteiger partial charge in [-0.3, -0.25) is 0 Å². The summed E-state index contributed by atoms with van der Waals surface area (Å²) in [5.41, 5.74) is 2.16. The maximum absolute atomic E-state index is 13.3. The minimum Gasteiger partial charge on any atom is -0.309 e. The molecule has 12 heavy (non-hydrogen) atoms. The number of rotatable bonds is 0. The Kier molecular flexibility index (Phi) is 1.14. The van der Waals surface area contributed by atoms with Crippen molar-refractivity contribution in [1.29, 1.82) is 0 Å². The van der Waals surface area contributed by atoms with Crippen LogP contribution in [0.5, 0.6) is 0 Å². The summed E-state index contributed by atoms with van der Waals surface area (Å²) in [5, 5.41) is 3.37. The van der Waals surface area contributed by atoms with Crippen molar-refractivity contribution in [3.63, 3.8) is 0 Å². The van der Waals surface area contributed by atoms with Gasteiger partial charge in [0.25, 0.3) is 0 Å². The lowest BCUT2D eigenvalue weighted by Gasteiger charge is -2.16. The summed E-state index contributed by atoms with van der Waals surface area (Å²) in [4.78, 5) is 0. The summed E-state index contributed by atoms with van der Waals surface area (Å²) in [7, 11) is 0. The Labute approximate surface area is 70.6 Å². The van der Waals surface area contributed by atoms with Crippen LogP contribution >= 0.6 is 0 Å². The van der Waals surface area contributed by atoms with E-state index in [9.17, 15) is 4.39 Å². The monoisotopic (exact) mass is 163 g/mol. The van der Waals surface area contributed by atoms with Crippen molar-refractivity contribution in [1.82, 2.24) is 5.32 Å². The number of halogens is 1. The normalized spacial score (nSPS) is 30.8. The van der Waals surface area contributed by atoms with E-state index in [2.05, 4.69) is 5.32 Å². The zero-order chi connectivity index (χ0) is 8.13. The van der Waals surface area contributed by atoms with Crippen LogP contribution in [0.1, 0.15) is 29.5 Å². The van der Waals surface area contributed by atoms with Crippen molar-refractivity contribution in [2.75, 3.05) is 6.54 Å². The van der Waals surface area contributed by atoms with E-state index < -0.39 is 0 Å². The minimum absolute atomic E-state index is 0.0125. The van der Waals surface area contributed by atoms with Gasteiger partial charge < -0.3 is 5.32 Å². The van der Waals surface area contributed by atoms with Gasteiger partial charge in [0.2, 0.25) is 0 Å². The van der Waals surface area contributed by atoms with Crippen molar-refractivity contribution < 1.29 is 4.39 Å². The molecule has 2 aliphatic rings. The molecule has 62 valence electrons. The van der Waals surface area contributed by atoms with Crippen molar-refractivity contribution in [3.05, 3.63) is 35.1 Å². The molecule has 3 rings (SSSR count). The molecular formula is C10H10FN. The lowest BCUT2D eigenvalue weighted by Crippen LogP contribution is -2.20. The summed E-state index contributed by atoms with van der Waals surface area (Å²) in [6, 6.07) is 5.84. The zero-order valence-corrected chi connectivity index (χ0v) is 6.68. The van der Waals surface area contributed by atoms with Gasteiger partial charge >= 0.3 is 0 Å². The first-order valence-corrected chi connectivity index (χ1v) is 4.38. The third kappa shape index (κ3) is 0.661. The molecule has 0 spiro atoms. The van der Waals surface area contributed by atoms with Crippen molar-refractivity contribution in [2.24, 2.45) is 0 Å². The molecule has 0 saturated carbocycles. The Morgan fingerprint density at radius 3 is 3.17 bits per heavy atom. The first kappa shape index (κ1) is 6.61. The second-order valence-electron chi connectivity index (χ2n) is 3.64. The summed E-state index contributed by atoms with van der Waals surface area (Å²) >= 11 is 0. The maximum Gasteiger partial charge on any atom is 0.127 e. The van der Waals surface area contributed by atoms with Crippen molar-refractivity contribution >= 4 is 0 Å². The van der Waals surface area contributed by atoms with Crippen LogP contribution in [-0.2, 0) is 0 Å². The molecule has 1 nitrogen and oxygen atoms in total. The van der Waals surface area contributed by atoms with Crippen LogP contribution in [-0.4, -0.2) is 6.54 Å². The molecule has 2 unspecified atom stereocenters. The molecule has 1 saturated heterocycles. The Morgan fingerprint density at radius 1 is 1.42 bits per heavy atom. The Balaban J connectivity index is 2.26. The molecule has 2 atom stereocenters. The molecule has 0 radical (unpaired) electrons. The fourth-order valence-electron chi connectivity index (χ4n) is 2.48. The van der Waals surface area contributed by atoms with Crippen molar-refractivity contribution in [3.8, 4) is 0 Å². The highest BCUT2D eigenvalue weighted by Gasteiger charge is 2.38. The molecule has 1 N–H and O–H groups in total. The van der Waals surface area contributed by atoms with Gasteiger partial charge in [-0.1, -0.05) is 12.1 Å². The van der Waals surface area contributed by atoms with Gasteiger partial charge in [-0.25, -0.2) is 4.39 Å². The van der Waals surface area contributed by atoms with Gasteiger partial charge in [0.15, 0.2) is 0 Å². The number of benzene rings is 1. The van der Waals surface area contributed by atoms with E-state index in [-0.39, 0.29) is 5.82 Å². The fourth-order valence-corrected chi connectivity index (χ4v) is 2.48. The third-order valence-corrected chi connectivity index (χ3v) is 3.00. The summed E-state index contributed by atoms with van der Waals surface area (Å²) in [5.74, 6) is 0.424. The molecule has 1 aliphatic carbocycles. The standard InChI is InChI=1S/C10H10FN/c11-8-3-1-2-7-9-4-6(5-12-9)10(7)8/h1-3,6,9,12H,4-5H2. The fraction of sp³-hybridized carbons (Fsp3) is 0.400. The number of hydrogen-bond donors (Lipinski definition) is 1. The quantitative estimate of drug-likeness (QED) is 0.616. The molecule has 0 amide bonds. The van der Waals surface area contributed by atoms with Crippen LogP contribution in [0.3, 0.4) is 0 Å². The summed E-state index contributed by atoms with van der Waals surface area (Å²) in [6.07, 6.45) is 1.09. The Hall–Kier alpha value is -0.890. The van der Waals surface area contributed by atoms with E-state index in [0.717, 1.165) is 18.5 Å². The number of nitrogens with one attached hydrogen (secondary N) is 1. The Bertz CT molecular complexity index is 335.